The number of hydrogen-bond donors (Lipinski definition) is 0. The van der Waals surface area contributed by atoms with Crippen molar-refractivity contribution in [3.05, 3.63) is 60.4 Å². The molecule has 106 valence electrons. The van der Waals surface area contributed by atoms with Gasteiger partial charge in [-0.05, 0) is 31.9 Å². The van der Waals surface area contributed by atoms with E-state index in [1.165, 1.54) is 11.1 Å². The van der Waals surface area contributed by atoms with Gasteiger partial charge in [-0.15, -0.1) is 10.2 Å². The maximum atomic E-state index is 4.32. The fourth-order valence-corrected chi connectivity index (χ4v) is 2.63. The fraction of sp³-hybridized carbons (Fsp3) is 0.222. The first-order valence-electron chi connectivity index (χ1n) is 7.24. The van der Waals surface area contributed by atoms with Crippen molar-refractivity contribution in [1.29, 1.82) is 0 Å². The molecule has 0 unspecified atom stereocenters. The minimum Gasteiger partial charge on any atom is -0.309 e. The first-order chi connectivity index (χ1) is 10.2. The quantitative estimate of drug-likeness (QED) is 0.705. The molecule has 0 saturated heterocycles. The van der Waals surface area contributed by atoms with Gasteiger partial charge in [-0.2, -0.15) is 0 Å². The molecule has 0 aliphatic rings. The van der Waals surface area contributed by atoms with Crippen molar-refractivity contribution in [1.82, 2.24) is 14.8 Å². The van der Waals surface area contributed by atoms with Crippen LogP contribution in [0.3, 0.4) is 0 Å². The highest BCUT2D eigenvalue weighted by atomic mass is 15.3. The molecule has 0 atom stereocenters. The topological polar surface area (TPSA) is 30.7 Å². The summed E-state index contributed by atoms with van der Waals surface area (Å²) in [5.41, 5.74) is 3.54. The molecule has 3 nitrogen and oxygen atoms in total. The van der Waals surface area contributed by atoms with Crippen molar-refractivity contribution in [2.45, 2.75) is 26.8 Å². The first-order valence-corrected chi connectivity index (χ1v) is 7.24. The van der Waals surface area contributed by atoms with E-state index in [1.54, 1.807) is 0 Å². The van der Waals surface area contributed by atoms with Crippen LogP contribution in [0.5, 0.6) is 0 Å². The van der Waals surface area contributed by atoms with Gasteiger partial charge in [0, 0.05) is 11.6 Å². The van der Waals surface area contributed by atoms with E-state index in [0.29, 0.717) is 6.04 Å². The van der Waals surface area contributed by atoms with Crippen molar-refractivity contribution in [2.24, 2.45) is 0 Å². The van der Waals surface area contributed by atoms with Gasteiger partial charge in [0.1, 0.15) is 5.82 Å². The van der Waals surface area contributed by atoms with E-state index < -0.39 is 0 Å². The number of hydrogen-bond acceptors (Lipinski definition) is 2. The fourth-order valence-electron chi connectivity index (χ4n) is 2.63. The summed E-state index contributed by atoms with van der Waals surface area (Å²) >= 11 is 0. The summed E-state index contributed by atoms with van der Waals surface area (Å²) in [4.78, 5) is 0. The third-order valence-electron chi connectivity index (χ3n) is 3.63. The summed E-state index contributed by atoms with van der Waals surface area (Å²) in [5, 5.41) is 8.53. The van der Waals surface area contributed by atoms with Crippen LogP contribution in [0.1, 0.15) is 25.7 Å². The maximum Gasteiger partial charge on any atom is 0.164 e. The Balaban J connectivity index is 1.99. The zero-order valence-corrected chi connectivity index (χ0v) is 12.6. The van der Waals surface area contributed by atoms with Crippen molar-refractivity contribution in [2.75, 3.05) is 0 Å². The second kappa shape index (κ2) is 5.52. The van der Waals surface area contributed by atoms with Crippen molar-refractivity contribution in [3.63, 3.8) is 0 Å². The van der Waals surface area contributed by atoms with Crippen molar-refractivity contribution < 1.29 is 0 Å². The van der Waals surface area contributed by atoms with Gasteiger partial charge in [0.25, 0.3) is 0 Å². The summed E-state index contributed by atoms with van der Waals surface area (Å²) in [6, 6.07) is 19.2. The van der Waals surface area contributed by atoms with E-state index >= 15 is 0 Å². The van der Waals surface area contributed by atoms with Crippen LogP contribution in [0.4, 0.5) is 0 Å². The van der Waals surface area contributed by atoms with Gasteiger partial charge in [0.2, 0.25) is 0 Å². The molecule has 0 amide bonds. The van der Waals surface area contributed by atoms with Gasteiger partial charge < -0.3 is 4.57 Å². The van der Waals surface area contributed by atoms with Gasteiger partial charge in [-0.25, -0.2) is 0 Å². The Morgan fingerprint density at radius 2 is 1.33 bits per heavy atom. The molecular formula is C18H19N3. The minimum atomic E-state index is 0.351. The zero-order valence-electron chi connectivity index (χ0n) is 12.6. The molecule has 1 heterocycles. The van der Waals surface area contributed by atoms with Crippen LogP contribution in [-0.2, 0) is 0 Å². The van der Waals surface area contributed by atoms with Crippen LogP contribution in [-0.4, -0.2) is 14.8 Å². The second-order valence-corrected chi connectivity index (χ2v) is 5.48. The van der Waals surface area contributed by atoms with Crippen LogP contribution in [0.25, 0.3) is 22.5 Å². The molecular weight excluding hydrogens is 258 g/mol. The lowest BCUT2D eigenvalue weighted by atomic mass is 10.0. The van der Waals surface area contributed by atoms with E-state index in [2.05, 4.69) is 77.1 Å². The van der Waals surface area contributed by atoms with Gasteiger partial charge in [-0.3, -0.25) is 0 Å². The molecule has 3 aromatic rings. The third kappa shape index (κ3) is 2.59. The molecule has 0 aliphatic heterocycles. The number of aromatic nitrogens is 3. The third-order valence-corrected chi connectivity index (χ3v) is 3.63. The molecule has 3 heteroatoms. The molecule has 3 rings (SSSR count). The van der Waals surface area contributed by atoms with Gasteiger partial charge >= 0.3 is 0 Å². The van der Waals surface area contributed by atoms with E-state index in [-0.39, 0.29) is 0 Å². The average molecular weight is 277 g/mol. The van der Waals surface area contributed by atoms with Gasteiger partial charge in [0.05, 0.1) is 0 Å². The monoisotopic (exact) mass is 277 g/mol. The Hall–Kier alpha value is -2.42. The average Bonchev–Trinajstić information content (AvgIpc) is 2.90. The van der Waals surface area contributed by atoms with Crippen LogP contribution in [0.15, 0.2) is 54.6 Å². The first kappa shape index (κ1) is 13.6. The zero-order chi connectivity index (χ0) is 14.8. The molecule has 0 N–H and O–H groups in total. The summed E-state index contributed by atoms with van der Waals surface area (Å²) in [6.07, 6.45) is 0. The summed E-state index contributed by atoms with van der Waals surface area (Å²) < 4.78 is 2.16. The maximum absolute atomic E-state index is 4.32. The molecule has 0 bridgehead atoms. The summed E-state index contributed by atoms with van der Waals surface area (Å²) in [6.45, 7) is 6.30. The van der Waals surface area contributed by atoms with E-state index in [4.69, 9.17) is 0 Å². The van der Waals surface area contributed by atoms with Crippen LogP contribution >= 0.6 is 0 Å². The van der Waals surface area contributed by atoms with Crippen LogP contribution in [0, 0.1) is 6.92 Å². The molecule has 0 fully saturated rings. The van der Waals surface area contributed by atoms with Crippen LogP contribution < -0.4 is 0 Å². The molecule has 2 aromatic carbocycles. The largest absolute Gasteiger partial charge is 0.309 e. The predicted molar refractivity (Wildman–Crippen MR) is 86.0 cm³/mol. The lowest BCUT2D eigenvalue weighted by Gasteiger charge is -2.12. The Labute approximate surface area is 125 Å². The summed E-state index contributed by atoms with van der Waals surface area (Å²) in [7, 11) is 0. The Bertz CT molecular complexity index is 725. The highest BCUT2D eigenvalue weighted by molar-refractivity contribution is 5.67. The molecule has 0 radical (unpaired) electrons. The van der Waals surface area contributed by atoms with Gasteiger partial charge in [0.15, 0.2) is 5.82 Å². The lowest BCUT2D eigenvalue weighted by Crippen LogP contribution is -2.05. The highest BCUT2D eigenvalue weighted by Crippen LogP contribution is 2.25. The van der Waals surface area contributed by atoms with Crippen molar-refractivity contribution in [3.8, 4) is 22.5 Å². The van der Waals surface area contributed by atoms with E-state index in [9.17, 15) is 0 Å². The molecule has 0 spiro atoms. The van der Waals surface area contributed by atoms with E-state index in [1.807, 2.05) is 13.0 Å². The predicted octanol–water partition coefficient (Wildman–Crippen LogP) is 4.50. The lowest BCUT2D eigenvalue weighted by molar-refractivity contribution is 0.587. The molecule has 0 aliphatic carbocycles. The Kier molecular flexibility index (Phi) is 3.57. The second-order valence-electron chi connectivity index (χ2n) is 5.48. The normalized spacial score (nSPS) is 11.0. The number of aryl methyl sites for hydroxylation is 1. The van der Waals surface area contributed by atoms with E-state index in [0.717, 1.165) is 17.2 Å². The standard InChI is InChI=1S/C18H19N3/c1-13(2)21-14(3)19-20-18(21)17-11-9-16(10-12-17)15-7-5-4-6-8-15/h4-13H,1-3H3. The molecule has 1 aromatic heterocycles. The minimum absolute atomic E-state index is 0.351. The molecule has 21 heavy (non-hydrogen) atoms. The summed E-state index contributed by atoms with van der Waals surface area (Å²) in [5.74, 6) is 1.88. The molecule has 0 saturated carbocycles. The van der Waals surface area contributed by atoms with Crippen LogP contribution in [0.2, 0.25) is 0 Å². The Morgan fingerprint density at radius 1 is 0.762 bits per heavy atom. The highest BCUT2D eigenvalue weighted by Gasteiger charge is 2.13. The van der Waals surface area contributed by atoms with Crippen molar-refractivity contribution >= 4 is 0 Å². The number of nitrogens with zero attached hydrogens (tertiary/aromatic N) is 3. The number of benzene rings is 2. The Morgan fingerprint density at radius 3 is 1.95 bits per heavy atom. The SMILES string of the molecule is Cc1nnc(-c2ccc(-c3ccccc3)cc2)n1C(C)C. The smallest absolute Gasteiger partial charge is 0.164 e. The number of rotatable bonds is 3. The van der Waals surface area contributed by atoms with Gasteiger partial charge in [-0.1, -0.05) is 54.6 Å².